The van der Waals surface area contributed by atoms with Crippen LogP contribution in [0, 0.1) is 18.3 Å². The number of nitrogens with zero attached hydrogens (tertiary/aromatic N) is 3. The summed E-state index contributed by atoms with van der Waals surface area (Å²) in [6, 6.07) is 0. The van der Waals surface area contributed by atoms with Gasteiger partial charge in [0.15, 0.2) is 0 Å². The Hall–Kier alpha value is -0.720. The molecule has 1 aromatic heterocycles. The topological polar surface area (TPSA) is 47.5 Å². The molecular formula is C16H25N3O2S. The van der Waals surface area contributed by atoms with Gasteiger partial charge in [-0.2, -0.15) is 0 Å². The highest BCUT2D eigenvalue weighted by Gasteiger charge is 2.47. The van der Waals surface area contributed by atoms with Crippen LogP contribution in [0.25, 0.3) is 0 Å². The van der Waals surface area contributed by atoms with Crippen LogP contribution in [0.2, 0.25) is 0 Å². The minimum atomic E-state index is 0.144. The van der Waals surface area contributed by atoms with Crippen LogP contribution in [-0.2, 0) is 9.47 Å². The van der Waals surface area contributed by atoms with E-state index in [1.54, 1.807) is 11.3 Å². The molecule has 0 amide bonds. The maximum absolute atomic E-state index is 6.11. The fraction of sp³-hybridized carbons (Fsp3) is 0.875. The van der Waals surface area contributed by atoms with Crippen molar-refractivity contribution in [1.82, 2.24) is 10.2 Å². The molecule has 0 spiro atoms. The van der Waals surface area contributed by atoms with E-state index in [1.165, 1.54) is 19.3 Å². The highest BCUT2D eigenvalue weighted by molar-refractivity contribution is 7.15. The normalized spacial score (nSPS) is 32.0. The van der Waals surface area contributed by atoms with Crippen molar-refractivity contribution in [2.75, 3.05) is 37.8 Å². The number of anilines is 1. The lowest BCUT2D eigenvalue weighted by Gasteiger charge is -2.50. The standard InChI is InChI=1S/C16H25N3O2S/c1-12-17-18-15(22-12)19-7-5-14-16(10-19,6-2-8-21-14)11-20-9-13-3-4-13/h13-14H,2-11H2,1H3/t14-,16+/m0/s1. The average Bonchev–Trinajstić information content (AvgIpc) is 3.25. The minimum absolute atomic E-state index is 0.144. The first kappa shape index (κ1) is 14.8. The fourth-order valence-electron chi connectivity index (χ4n) is 3.79. The Morgan fingerprint density at radius 3 is 3.05 bits per heavy atom. The molecule has 4 rings (SSSR count). The van der Waals surface area contributed by atoms with Gasteiger partial charge >= 0.3 is 0 Å². The molecule has 3 aliphatic rings. The lowest BCUT2D eigenvalue weighted by atomic mass is 9.73. The molecule has 1 aliphatic carbocycles. The van der Waals surface area contributed by atoms with Crippen LogP contribution in [0.15, 0.2) is 0 Å². The second kappa shape index (κ2) is 6.06. The molecule has 2 atom stereocenters. The lowest BCUT2D eigenvalue weighted by Crippen LogP contribution is -2.57. The summed E-state index contributed by atoms with van der Waals surface area (Å²) in [4.78, 5) is 2.40. The zero-order valence-electron chi connectivity index (χ0n) is 13.3. The number of hydrogen-bond donors (Lipinski definition) is 0. The van der Waals surface area contributed by atoms with Gasteiger partial charge in [0.25, 0.3) is 0 Å². The summed E-state index contributed by atoms with van der Waals surface area (Å²) in [5.41, 5.74) is 0.144. The number of rotatable bonds is 5. The molecule has 3 heterocycles. The SMILES string of the molecule is Cc1nnc(N2CC[C@@H]3OCCC[C@]3(COCC3CC3)C2)s1. The minimum Gasteiger partial charge on any atom is -0.380 e. The van der Waals surface area contributed by atoms with Crippen molar-refractivity contribution in [2.24, 2.45) is 11.3 Å². The maximum Gasteiger partial charge on any atom is 0.208 e. The van der Waals surface area contributed by atoms with Crippen LogP contribution >= 0.6 is 11.3 Å². The van der Waals surface area contributed by atoms with Crippen molar-refractivity contribution in [3.8, 4) is 0 Å². The lowest BCUT2D eigenvalue weighted by molar-refractivity contribution is -0.126. The number of fused-ring (bicyclic) bond motifs is 1. The summed E-state index contributed by atoms with van der Waals surface area (Å²) in [6.45, 7) is 6.72. The van der Waals surface area contributed by atoms with Crippen molar-refractivity contribution in [1.29, 1.82) is 0 Å². The summed E-state index contributed by atoms with van der Waals surface area (Å²) < 4.78 is 12.2. The highest BCUT2D eigenvalue weighted by Crippen LogP contribution is 2.42. The van der Waals surface area contributed by atoms with Crippen LogP contribution in [0.5, 0.6) is 0 Å². The van der Waals surface area contributed by atoms with E-state index in [0.717, 1.165) is 61.8 Å². The number of aryl methyl sites for hydroxylation is 1. The van der Waals surface area contributed by atoms with E-state index in [4.69, 9.17) is 9.47 Å². The van der Waals surface area contributed by atoms with Gasteiger partial charge in [-0.3, -0.25) is 0 Å². The molecule has 6 heteroatoms. The van der Waals surface area contributed by atoms with E-state index < -0.39 is 0 Å². The zero-order valence-corrected chi connectivity index (χ0v) is 14.1. The van der Waals surface area contributed by atoms with Gasteiger partial charge in [0.05, 0.1) is 12.7 Å². The largest absolute Gasteiger partial charge is 0.380 e. The first-order chi connectivity index (χ1) is 10.8. The van der Waals surface area contributed by atoms with Crippen LogP contribution in [-0.4, -0.2) is 49.2 Å². The first-order valence-corrected chi connectivity index (χ1v) is 9.31. The monoisotopic (exact) mass is 323 g/mol. The van der Waals surface area contributed by atoms with Gasteiger partial charge in [-0.15, -0.1) is 10.2 Å². The van der Waals surface area contributed by atoms with E-state index >= 15 is 0 Å². The van der Waals surface area contributed by atoms with Gasteiger partial charge in [0, 0.05) is 31.7 Å². The summed E-state index contributed by atoms with van der Waals surface area (Å²) in [7, 11) is 0. The Balaban J connectivity index is 1.47. The molecule has 2 aliphatic heterocycles. The fourth-order valence-corrected chi connectivity index (χ4v) is 4.50. The van der Waals surface area contributed by atoms with Gasteiger partial charge in [-0.25, -0.2) is 0 Å². The smallest absolute Gasteiger partial charge is 0.208 e. The van der Waals surface area contributed by atoms with E-state index in [0.29, 0.717) is 6.10 Å². The molecule has 0 unspecified atom stereocenters. The molecule has 1 aromatic rings. The Morgan fingerprint density at radius 2 is 2.27 bits per heavy atom. The number of ether oxygens (including phenoxy) is 2. The molecule has 0 radical (unpaired) electrons. The van der Waals surface area contributed by atoms with E-state index in [-0.39, 0.29) is 5.41 Å². The quantitative estimate of drug-likeness (QED) is 0.834. The number of hydrogen-bond acceptors (Lipinski definition) is 6. The first-order valence-electron chi connectivity index (χ1n) is 8.50. The van der Waals surface area contributed by atoms with Crippen molar-refractivity contribution < 1.29 is 9.47 Å². The highest BCUT2D eigenvalue weighted by atomic mass is 32.1. The van der Waals surface area contributed by atoms with Gasteiger partial charge < -0.3 is 14.4 Å². The van der Waals surface area contributed by atoms with Crippen LogP contribution in [0.4, 0.5) is 5.13 Å². The molecular weight excluding hydrogens is 298 g/mol. The Labute approximate surface area is 136 Å². The zero-order chi connectivity index (χ0) is 15.0. The predicted molar refractivity (Wildman–Crippen MR) is 86.4 cm³/mol. The van der Waals surface area contributed by atoms with Crippen molar-refractivity contribution in [3.05, 3.63) is 5.01 Å². The molecule has 0 N–H and O–H groups in total. The van der Waals surface area contributed by atoms with E-state index in [9.17, 15) is 0 Å². The van der Waals surface area contributed by atoms with Crippen LogP contribution in [0.1, 0.15) is 37.1 Å². The molecule has 22 heavy (non-hydrogen) atoms. The molecule has 1 saturated carbocycles. The van der Waals surface area contributed by atoms with Gasteiger partial charge in [-0.1, -0.05) is 11.3 Å². The van der Waals surface area contributed by atoms with Crippen molar-refractivity contribution in [2.45, 2.75) is 45.1 Å². The second-order valence-corrected chi connectivity index (χ2v) is 8.26. The summed E-state index contributed by atoms with van der Waals surface area (Å²) in [6.07, 6.45) is 6.48. The summed E-state index contributed by atoms with van der Waals surface area (Å²) in [5, 5.41) is 10.6. The van der Waals surface area contributed by atoms with Crippen LogP contribution in [0.3, 0.4) is 0 Å². The molecule has 5 nitrogen and oxygen atoms in total. The third kappa shape index (κ3) is 3.01. The molecule has 3 fully saturated rings. The summed E-state index contributed by atoms with van der Waals surface area (Å²) >= 11 is 1.69. The predicted octanol–water partition coefficient (Wildman–Crippen LogP) is 2.65. The molecule has 0 bridgehead atoms. The van der Waals surface area contributed by atoms with E-state index in [2.05, 4.69) is 15.1 Å². The van der Waals surface area contributed by atoms with Crippen molar-refractivity contribution >= 4 is 16.5 Å². The molecule has 0 aromatic carbocycles. The number of aromatic nitrogens is 2. The van der Waals surface area contributed by atoms with Gasteiger partial charge in [-0.05, 0) is 44.9 Å². The van der Waals surface area contributed by atoms with Gasteiger partial charge in [0.2, 0.25) is 5.13 Å². The summed E-state index contributed by atoms with van der Waals surface area (Å²) in [5.74, 6) is 0.824. The Bertz CT molecular complexity index is 519. The third-order valence-corrected chi connectivity index (χ3v) is 6.11. The van der Waals surface area contributed by atoms with Crippen molar-refractivity contribution in [3.63, 3.8) is 0 Å². The molecule has 122 valence electrons. The Kier molecular flexibility index (Phi) is 4.09. The third-order valence-electron chi connectivity index (χ3n) is 5.21. The number of piperidine rings is 1. The Morgan fingerprint density at radius 1 is 1.36 bits per heavy atom. The van der Waals surface area contributed by atoms with Gasteiger partial charge in [0.1, 0.15) is 5.01 Å². The van der Waals surface area contributed by atoms with E-state index in [1.807, 2.05) is 6.92 Å². The average molecular weight is 323 g/mol. The maximum atomic E-state index is 6.11. The van der Waals surface area contributed by atoms with Crippen LogP contribution < -0.4 is 4.90 Å². The molecule has 2 saturated heterocycles. The second-order valence-electron chi connectivity index (χ2n) is 7.10.